The summed E-state index contributed by atoms with van der Waals surface area (Å²) in [5.74, 6) is -0.270. The van der Waals surface area contributed by atoms with E-state index in [2.05, 4.69) is 0 Å². The first kappa shape index (κ1) is 13.5. The molecule has 0 heterocycles. The number of ketones is 1. The van der Waals surface area contributed by atoms with Gasteiger partial charge in [-0.25, -0.2) is 0 Å². The smallest absolute Gasteiger partial charge is 0.287 e. The summed E-state index contributed by atoms with van der Waals surface area (Å²) in [7, 11) is 0. The number of carbonyl (C=O) groups excluding carboxylic acids is 1. The van der Waals surface area contributed by atoms with E-state index in [9.17, 15) is 14.9 Å². The third-order valence-corrected chi connectivity index (χ3v) is 3.07. The van der Waals surface area contributed by atoms with Crippen LogP contribution in [0.5, 0.6) is 0 Å². The van der Waals surface area contributed by atoms with Gasteiger partial charge in [0.25, 0.3) is 5.69 Å². The largest absolute Gasteiger partial charge is 0.289 e. The molecule has 0 atom stereocenters. The maximum absolute atomic E-state index is 12.1. The molecule has 0 aliphatic rings. The highest BCUT2D eigenvalue weighted by Crippen LogP contribution is 2.26. The Morgan fingerprint density at radius 2 is 1.58 bits per heavy atom. The lowest BCUT2D eigenvalue weighted by molar-refractivity contribution is -0.384. The molecule has 0 radical (unpaired) electrons. The molecule has 0 aliphatic carbocycles. The van der Waals surface area contributed by atoms with Gasteiger partial charge in [-0.2, -0.15) is 0 Å². The fourth-order valence-electron chi connectivity index (χ4n) is 1.56. The van der Waals surface area contributed by atoms with Crippen LogP contribution in [0, 0.1) is 10.1 Å². The summed E-state index contributed by atoms with van der Waals surface area (Å²) in [6.07, 6.45) is 0. The van der Waals surface area contributed by atoms with Gasteiger partial charge in [0.1, 0.15) is 5.02 Å². The Hall–Kier alpha value is -1.91. The van der Waals surface area contributed by atoms with Crippen molar-refractivity contribution in [3.63, 3.8) is 0 Å². The second kappa shape index (κ2) is 5.38. The highest BCUT2D eigenvalue weighted by atomic mass is 35.5. The predicted molar refractivity (Wildman–Crippen MR) is 73.0 cm³/mol. The van der Waals surface area contributed by atoms with Gasteiger partial charge >= 0.3 is 0 Å². The molecule has 0 N–H and O–H groups in total. The van der Waals surface area contributed by atoms with Gasteiger partial charge in [0.05, 0.1) is 4.92 Å². The summed E-state index contributed by atoms with van der Waals surface area (Å²) < 4.78 is 0. The fraction of sp³-hybridized carbons (Fsp3) is 0. The van der Waals surface area contributed by atoms with E-state index in [4.69, 9.17) is 23.2 Å². The number of nitro groups is 1. The Morgan fingerprint density at radius 1 is 1.00 bits per heavy atom. The number of hydrogen-bond acceptors (Lipinski definition) is 3. The number of carbonyl (C=O) groups is 1. The zero-order chi connectivity index (χ0) is 14.0. The van der Waals surface area contributed by atoms with Gasteiger partial charge in [0.2, 0.25) is 0 Å². The number of halogens is 2. The molecule has 2 rings (SSSR count). The minimum atomic E-state index is -0.598. The minimum absolute atomic E-state index is 0.0650. The van der Waals surface area contributed by atoms with Crippen molar-refractivity contribution in [2.24, 2.45) is 0 Å². The normalized spacial score (nSPS) is 10.2. The van der Waals surface area contributed by atoms with E-state index < -0.39 is 4.92 Å². The summed E-state index contributed by atoms with van der Waals surface area (Å²) in [6, 6.07) is 10.2. The molecule has 0 spiro atoms. The van der Waals surface area contributed by atoms with Gasteiger partial charge in [0, 0.05) is 22.2 Å². The number of nitro benzene ring substituents is 1. The summed E-state index contributed by atoms with van der Waals surface area (Å²) >= 11 is 11.5. The van der Waals surface area contributed by atoms with E-state index in [1.807, 2.05) is 0 Å². The van der Waals surface area contributed by atoms with Gasteiger partial charge < -0.3 is 0 Å². The first-order valence-corrected chi connectivity index (χ1v) is 5.99. The van der Waals surface area contributed by atoms with Crippen molar-refractivity contribution in [2.75, 3.05) is 0 Å². The van der Waals surface area contributed by atoms with Crippen LogP contribution in [-0.4, -0.2) is 10.7 Å². The Morgan fingerprint density at radius 3 is 2.11 bits per heavy atom. The van der Waals surface area contributed by atoms with Crippen LogP contribution in [0.25, 0.3) is 0 Å². The van der Waals surface area contributed by atoms with Crippen molar-refractivity contribution in [1.29, 1.82) is 0 Å². The molecular weight excluding hydrogens is 289 g/mol. The Labute approximate surface area is 118 Å². The number of nitrogens with zero attached hydrogens (tertiary/aromatic N) is 1. The third-order valence-electron chi connectivity index (χ3n) is 2.51. The maximum atomic E-state index is 12.1. The summed E-state index contributed by atoms with van der Waals surface area (Å²) in [5, 5.41) is 11.1. The topological polar surface area (TPSA) is 60.2 Å². The zero-order valence-electron chi connectivity index (χ0n) is 9.47. The van der Waals surface area contributed by atoms with Crippen LogP contribution in [0.4, 0.5) is 5.69 Å². The molecule has 0 aromatic heterocycles. The first-order valence-electron chi connectivity index (χ1n) is 5.23. The van der Waals surface area contributed by atoms with Crippen molar-refractivity contribution >= 4 is 34.7 Å². The van der Waals surface area contributed by atoms with Gasteiger partial charge in [0.15, 0.2) is 5.78 Å². The van der Waals surface area contributed by atoms with Crippen LogP contribution in [0.1, 0.15) is 15.9 Å². The molecule has 19 heavy (non-hydrogen) atoms. The lowest BCUT2D eigenvalue weighted by Gasteiger charge is -2.02. The molecule has 2 aromatic carbocycles. The molecule has 2 aromatic rings. The molecule has 0 amide bonds. The molecule has 96 valence electrons. The van der Waals surface area contributed by atoms with E-state index in [1.54, 1.807) is 24.3 Å². The second-order valence-electron chi connectivity index (χ2n) is 3.76. The molecule has 0 aliphatic heterocycles. The summed E-state index contributed by atoms with van der Waals surface area (Å²) in [6.45, 7) is 0. The van der Waals surface area contributed by atoms with Crippen LogP contribution in [0.15, 0.2) is 42.5 Å². The van der Waals surface area contributed by atoms with Crippen molar-refractivity contribution < 1.29 is 9.72 Å². The highest BCUT2D eigenvalue weighted by Gasteiger charge is 2.16. The number of benzene rings is 2. The molecule has 4 nitrogen and oxygen atoms in total. The van der Waals surface area contributed by atoms with Gasteiger partial charge in [-0.3, -0.25) is 14.9 Å². The molecule has 0 saturated heterocycles. The fourth-order valence-corrected chi connectivity index (χ4v) is 1.94. The zero-order valence-corrected chi connectivity index (χ0v) is 11.0. The molecular formula is C13H7Cl2NO3. The van der Waals surface area contributed by atoms with Gasteiger partial charge in [-0.1, -0.05) is 23.2 Å². The summed E-state index contributed by atoms with van der Waals surface area (Å²) in [4.78, 5) is 22.2. The van der Waals surface area contributed by atoms with Gasteiger partial charge in [-0.15, -0.1) is 0 Å². The van der Waals surface area contributed by atoms with E-state index in [0.29, 0.717) is 10.6 Å². The van der Waals surface area contributed by atoms with Crippen LogP contribution >= 0.6 is 23.2 Å². The second-order valence-corrected chi connectivity index (χ2v) is 4.60. The first-order chi connectivity index (χ1) is 8.99. The minimum Gasteiger partial charge on any atom is -0.289 e. The molecule has 6 heteroatoms. The highest BCUT2D eigenvalue weighted by molar-refractivity contribution is 6.33. The van der Waals surface area contributed by atoms with Crippen LogP contribution in [0.2, 0.25) is 10.0 Å². The van der Waals surface area contributed by atoms with Crippen LogP contribution in [-0.2, 0) is 0 Å². The Kier molecular flexibility index (Phi) is 3.83. The Balaban J connectivity index is 2.37. The molecule has 0 unspecified atom stereocenters. The van der Waals surface area contributed by atoms with Crippen LogP contribution < -0.4 is 0 Å². The predicted octanol–water partition coefficient (Wildman–Crippen LogP) is 4.13. The van der Waals surface area contributed by atoms with Crippen LogP contribution in [0.3, 0.4) is 0 Å². The quantitative estimate of drug-likeness (QED) is 0.486. The number of rotatable bonds is 3. The average Bonchev–Trinajstić information content (AvgIpc) is 2.38. The van der Waals surface area contributed by atoms with E-state index in [1.165, 1.54) is 18.2 Å². The number of hydrogen-bond donors (Lipinski definition) is 0. The van der Waals surface area contributed by atoms with E-state index in [-0.39, 0.29) is 22.1 Å². The van der Waals surface area contributed by atoms with Crippen molar-refractivity contribution in [3.8, 4) is 0 Å². The average molecular weight is 296 g/mol. The molecule has 0 bridgehead atoms. The standard InChI is InChI=1S/C13H7Cl2NO3/c14-10-4-1-8(2-5-10)13(17)9-3-6-12(16(18)19)11(15)7-9/h1-7H. The molecule has 0 fully saturated rings. The van der Waals surface area contributed by atoms with Crippen molar-refractivity contribution in [2.45, 2.75) is 0 Å². The maximum Gasteiger partial charge on any atom is 0.287 e. The van der Waals surface area contributed by atoms with E-state index in [0.717, 1.165) is 0 Å². The monoisotopic (exact) mass is 295 g/mol. The SMILES string of the molecule is O=C(c1ccc(Cl)cc1)c1ccc([N+](=O)[O-])c(Cl)c1. The Bertz CT molecular complexity index is 653. The molecule has 0 saturated carbocycles. The lowest BCUT2D eigenvalue weighted by atomic mass is 10.0. The van der Waals surface area contributed by atoms with E-state index >= 15 is 0 Å². The van der Waals surface area contributed by atoms with Crippen molar-refractivity contribution in [1.82, 2.24) is 0 Å². The lowest BCUT2D eigenvalue weighted by Crippen LogP contribution is -2.01. The third kappa shape index (κ3) is 2.92. The summed E-state index contributed by atoms with van der Waals surface area (Å²) in [5.41, 5.74) is 0.501. The van der Waals surface area contributed by atoms with Gasteiger partial charge in [-0.05, 0) is 36.4 Å². The van der Waals surface area contributed by atoms with Crippen molar-refractivity contribution in [3.05, 3.63) is 73.8 Å².